The van der Waals surface area contributed by atoms with Gasteiger partial charge in [0.25, 0.3) is 0 Å². The number of aryl methyl sites for hydroxylation is 2. The molecular weight excluding hydrogens is 629 g/mol. The Labute approximate surface area is 244 Å². The summed E-state index contributed by atoms with van der Waals surface area (Å²) in [6.45, 7) is 12.8. The quantitative estimate of drug-likeness (QED) is 0.123. The summed E-state index contributed by atoms with van der Waals surface area (Å²) >= 11 is -3.37. The summed E-state index contributed by atoms with van der Waals surface area (Å²) in [4.78, 5) is 0.648. The zero-order chi connectivity index (χ0) is 28.9. The number of benzene rings is 2. The predicted octanol–water partition coefficient (Wildman–Crippen LogP) is 9.98. The molecule has 1 atom stereocenters. The van der Waals surface area contributed by atoms with Crippen LogP contribution in [-0.4, -0.2) is 31.0 Å². The normalized spacial score (nSPS) is 14.3. The van der Waals surface area contributed by atoms with E-state index >= 15 is 4.21 Å². The van der Waals surface area contributed by atoms with Crippen LogP contribution in [0.5, 0.6) is 0 Å². The van der Waals surface area contributed by atoms with Gasteiger partial charge in [-0.2, -0.15) is 0 Å². The first kappa shape index (κ1) is 34.1. The zero-order valence-corrected chi connectivity index (χ0v) is 29.7. The molecule has 0 spiro atoms. The van der Waals surface area contributed by atoms with Crippen molar-refractivity contribution in [1.29, 1.82) is 0 Å². The molecule has 0 bridgehead atoms. The third-order valence-corrected chi connectivity index (χ3v) is 31.8. The molecule has 0 aromatic heterocycles. The molecule has 0 unspecified atom stereocenters. The van der Waals surface area contributed by atoms with Crippen LogP contribution in [0.1, 0.15) is 96.6 Å². The van der Waals surface area contributed by atoms with Gasteiger partial charge >= 0.3 is 246 Å². The Morgan fingerprint density at radius 1 is 0.667 bits per heavy atom. The number of allylic oxidation sites excluding steroid dienone is 1. The Balaban J connectivity index is 3.00. The van der Waals surface area contributed by atoms with Crippen LogP contribution in [0.3, 0.4) is 0 Å². The van der Waals surface area contributed by atoms with Crippen molar-refractivity contribution in [3.63, 3.8) is 0 Å². The van der Waals surface area contributed by atoms with Gasteiger partial charge in [0.05, 0.1) is 0 Å². The Morgan fingerprint density at radius 3 is 1.49 bits per heavy atom. The predicted molar refractivity (Wildman–Crippen MR) is 171 cm³/mol. The first-order valence-corrected chi connectivity index (χ1v) is 25.4. The van der Waals surface area contributed by atoms with E-state index in [1.54, 1.807) is 24.3 Å². The molecule has 4 nitrogen and oxygen atoms in total. The zero-order valence-electron chi connectivity index (χ0n) is 25.2. The van der Waals surface area contributed by atoms with E-state index in [4.69, 9.17) is 0 Å². The standard InChI is InChI=1S/C20H24NO3S2.3C4H9.Sn/c1-4-5-6-7-16-25(22,19-12-8-17(2)9-13-19)21-26(23,24)20-14-10-18(3)11-15-20;3*1-3-4-2;/h7-15H,4-6H2,1-3H3;3*1,3-4H2,2H3;/t25-;;;;/m1..../s1. The van der Waals surface area contributed by atoms with Crippen LogP contribution in [0.15, 0.2) is 71.1 Å². The molecule has 7 heteroatoms. The number of unbranched alkanes of at least 4 members (excludes halogenated alkanes) is 5. The molecule has 0 saturated carbocycles. The van der Waals surface area contributed by atoms with Crippen molar-refractivity contribution in [1.82, 2.24) is 0 Å². The summed E-state index contributed by atoms with van der Waals surface area (Å²) < 4.78 is 52.1. The summed E-state index contributed by atoms with van der Waals surface area (Å²) in [6, 6.07) is 14.3. The van der Waals surface area contributed by atoms with E-state index in [-0.39, 0.29) is 4.90 Å². The van der Waals surface area contributed by atoms with Crippen LogP contribution in [0.4, 0.5) is 0 Å². The molecular formula is C32H51NO3S2Sn. The van der Waals surface area contributed by atoms with Crippen molar-refractivity contribution in [3.8, 4) is 0 Å². The van der Waals surface area contributed by atoms with Gasteiger partial charge in [0.15, 0.2) is 0 Å². The van der Waals surface area contributed by atoms with Gasteiger partial charge < -0.3 is 0 Å². The van der Waals surface area contributed by atoms with Gasteiger partial charge in [0, 0.05) is 0 Å². The molecule has 39 heavy (non-hydrogen) atoms. The second-order valence-corrected chi connectivity index (χ2v) is 29.1. The molecule has 2 aromatic carbocycles. The maximum absolute atomic E-state index is 15.6. The monoisotopic (exact) mass is 681 g/mol. The van der Waals surface area contributed by atoms with E-state index in [9.17, 15) is 8.42 Å². The average molecular weight is 681 g/mol. The van der Waals surface area contributed by atoms with Crippen molar-refractivity contribution >= 4 is 38.1 Å². The van der Waals surface area contributed by atoms with Crippen molar-refractivity contribution in [3.05, 3.63) is 68.7 Å². The molecule has 0 fully saturated rings. The van der Waals surface area contributed by atoms with Crippen molar-refractivity contribution < 1.29 is 12.6 Å². The summed E-state index contributed by atoms with van der Waals surface area (Å²) in [7, 11) is -7.53. The Hall–Kier alpha value is -1.12. The summed E-state index contributed by atoms with van der Waals surface area (Å²) in [5.41, 5.74) is 2.03. The third kappa shape index (κ3) is 9.46. The van der Waals surface area contributed by atoms with E-state index < -0.39 is 38.1 Å². The van der Waals surface area contributed by atoms with Crippen molar-refractivity contribution in [2.45, 2.75) is 122 Å². The minimum absolute atomic E-state index is 0.109. The van der Waals surface area contributed by atoms with E-state index in [0.29, 0.717) is 4.90 Å². The molecule has 0 aliphatic rings. The number of nitrogens with zero attached hydrogens (tertiary/aromatic N) is 1. The van der Waals surface area contributed by atoms with Gasteiger partial charge in [-0.25, -0.2) is 0 Å². The van der Waals surface area contributed by atoms with Gasteiger partial charge in [-0.15, -0.1) is 0 Å². The molecule has 0 amide bonds. The first-order chi connectivity index (χ1) is 18.6. The Kier molecular flexibility index (Phi) is 14.3. The second-order valence-electron chi connectivity index (χ2n) is 11.0. The van der Waals surface area contributed by atoms with Crippen LogP contribution >= 0.6 is 0 Å². The molecule has 0 aliphatic carbocycles. The van der Waals surface area contributed by atoms with Gasteiger partial charge in [-0.05, 0) is 0 Å². The maximum atomic E-state index is 15.6. The molecule has 0 heterocycles. The van der Waals surface area contributed by atoms with Gasteiger partial charge in [0.2, 0.25) is 0 Å². The fourth-order valence-electron chi connectivity index (χ4n) is 5.17. The van der Waals surface area contributed by atoms with Crippen LogP contribution in [0.2, 0.25) is 13.3 Å². The molecule has 0 N–H and O–H groups in total. The SMILES string of the molecule is CCCC/C=[C](/[S@](=O)(=NS(=O)(=O)c1ccc(C)cc1)c1ccc(C)cc1)[Sn]([CH2]CCC)([CH2]CCC)[CH2]CCC. The molecule has 0 radical (unpaired) electrons. The average Bonchev–Trinajstić information content (AvgIpc) is 2.91. The second kappa shape index (κ2) is 16.4. The van der Waals surface area contributed by atoms with E-state index in [2.05, 4.69) is 37.5 Å². The van der Waals surface area contributed by atoms with Crippen LogP contribution in [-0.2, 0) is 19.8 Å². The van der Waals surface area contributed by atoms with Crippen molar-refractivity contribution in [2.75, 3.05) is 0 Å². The fourth-order valence-corrected chi connectivity index (χ4v) is 33.2. The summed E-state index contributed by atoms with van der Waals surface area (Å²) in [5.74, 6) is 0. The number of rotatable bonds is 17. The molecule has 2 rings (SSSR count). The minimum atomic E-state index is -4.15. The van der Waals surface area contributed by atoms with E-state index in [1.165, 1.54) is 0 Å². The molecule has 2 aromatic rings. The van der Waals surface area contributed by atoms with Crippen LogP contribution in [0.25, 0.3) is 0 Å². The van der Waals surface area contributed by atoms with Gasteiger partial charge in [-0.3, -0.25) is 0 Å². The van der Waals surface area contributed by atoms with Gasteiger partial charge in [-0.1, -0.05) is 0 Å². The van der Waals surface area contributed by atoms with E-state index in [0.717, 1.165) is 85.1 Å². The number of hydrogen-bond donors (Lipinski definition) is 0. The topological polar surface area (TPSA) is 63.6 Å². The fraction of sp³-hybridized carbons (Fsp3) is 0.562. The molecule has 0 saturated heterocycles. The number of sulfonamides is 1. The summed E-state index contributed by atoms with van der Waals surface area (Å²) in [5, 5.41) is 0. The van der Waals surface area contributed by atoms with Gasteiger partial charge in [0.1, 0.15) is 0 Å². The Bertz CT molecular complexity index is 1250. The van der Waals surface area contributed by atoms with Crippen LogP contribution in [0, 0.1) is 13.8 Å². The summed E-state index contributed by atoms with van der Waals surface area (Å²) in [6.07, 6.45) is 11.6. The Morgan fingerprint density at radius 2 is 1.08 bits per heavy atom. The number of hydrogen-bond acceptors (Lipinski definition) is 3. The molecule has 0 aliphatic heterocycles. The van der Waals surface area contributed by atoms with E-state index in [1.807, 2.05) is 38.1 Å². The first-order valence-electron chi connectivity index (χ1n) is 15.0. The van der Waals surface area contributed by atoms with Crippen molar-refractivity contribution in [2.24, 2.45) is 3.77 Å². The third-order valence-electron chi connectivity index (χ3n) is 7.60. The molecule has 218 valence electrons. The van der Waals surface area contributed by atoms with Crippen LogP contribution < -0.4 is 0 Å².